The van der Waals surface area contributed by atoms with Crippen LogP contribution in [0.25, 0.3) is 0 Å². The van der Waals surface area contributed by atoms with Gasteiger partial charge in [-0.1, -0.05) is 19.1 Å². The Labute approximate surface area is 74.0 Å². The van der Waals surface area contributed by atoms with Gasteiger partial charge in [-0.15, -0.1) is 0 Å². The summed E-state index contributed by atoms with van der Waals surface area (Å²) in [6, 6.07) is 0. The number of hydrogen-bond acceptors (Lipinski definition) is 1. The van der Waals surface area contributed by atoms with Crippen molar-refractivity contribution in [3.8, 4) is 0 Å². The molecular formula is C10H17NO. The fourth-order valence-corrected chi connectivity index (χ4v) is 1.26. The van der Waals surface area contributed by atoms with Crippen LogP contribution in [0.2, 0.25) is 0 Å². The Kier molecular flexibility index (Phi) is 3.32. The third kappa shape index (κ3) is 2.68. The van der Waals surface area contributed by atoms with Crippen LogP contribution in [0, 0.1) is 11.8 Å². The summed E-state index contributed by atoms with van der Waals surface area (Å²) in [5, 5.41) is 2.92. The Balaban J connectivity index is 2.03. The number of carbonyl (C=O) groups is 1. The van der Waals surface area contributed by atoms with E-state index >= 15 is 0 Å². The van der Waals surface area contributed by atoms with Crippen LogP contribution < -0.4 is 5.32 Å². The molecule has 2 unspecified atom stereocenters. The van der Waals surface area contributed by atoms with Crippen LogP contribution in [0.4, 0.5) is 0 Å². The maximum absolute atomic E-state index is 11.2. The first-order valence-electron chi connectivity index (χ1n) is 4.64. The van der Waals surface area contributed by atoms with Gasteiger partial charge in [-0.2, -0.15) is 0 Å². The lowest BCUT2D eigenvalue weighted by Gasteiger charge is -2.00. The minimum absolute atomic E-state index is 0.243. The Morgan fingerprint density at radius 3 is 2.83 bits per heavy atom. The van der Waals surface area contributed by atoms with Crippen molar-refractivity contribution in [1.82, 2.24) is 5.32 Å². The van der Waals surface area contributed by atoms with Crippen molar-refractivity contribution in [3.05, 3.63) is 12.2 Å². The third-order valence-corrected chi connectivity index (χ3v) is 2.29. The molecule has 1 rings (SSSR count). The van der Waals surface area contributed by atoms with Crippen LogP contribution in [0.1, 0.15) is 26.7 Å². The van der Waals surface area contributed by atoms with Gasteiger partial charge in [0.1, 0.15) is 0 Å². The average molecular weight is 167 g/mol. The molecule has 0 heterocycles. The van der Waals surface area contributed by atoms with Gasteiger partial charge in [-0.3, -0.25) is 4.79 Å². The topological polar surface area (TPSA) is 29.1 Å². The molecule has 1 saturated carbocycles. The maximum Gasteiger partial charge on any atom is 0.223 e. The predicted octanol–water partition coefficient (Wildman–Crippen LogP) is 1.72. The van der Waals surface area contributed by atoms with Crippen molar-refractivity contribution in [1.29, 1.82) is 0 Å². The van der Waals surface area contributed by atoms with Crippen molar-refractivity contribution in [2.24, 2.45) is 11.8 Å². The van der Waals surface area contributed by atoms with E-state index in [9.17, 15) is 4.79 Å². The Bertz CT molecular complexity index is 186. The Morgan fingerprint density at radius 1 is 1.67 bits per heavy atom. The molecule has 1 amide bonds. The standard InChI is InChI=1S/C10H17NO/c1-3-4-5-6-11-10(12)9-7-8(9)2/h3-4,8-9H,5-7H2,1-2H3,(H,11,12)/b4-3+. The first kappa shape index (κ1) is 9.30. The second-order valence-corrected chi connectivity index (χ2v) is 3.47. The maximum atomic E-state index is 11.2. The summed E-state index contributed by atoms with van der Waals surface area (Å²) in [6.07, 6.45) is 6.10. The molecule has 0 aliphatic heterocycles. The summed E-state index contributed by atoms with van der Waals surface area (Å²) in [6.45, 7) is 4.90. The second kappa shape index (κ2) is 4.29. The molecule has 1 fully saturated rings. The van der Waals surface area contributed by atoms with Crippen LogP contribution in [0.15, 0.2) is 12.2 Å². The molecule has 0 aromatic rings. The van der Waals surface area contributed by atoms with E-state index in [4.69, 9.17) is 0 Å². The molecule has 0 spiro atoms. The highest BCUT2D eigenvalue weighted by molar-refractivity contribution is 5.81. The molecule has 2 nitrogen and oxygen atoms in total. The molecule has 2 heteroatoms. The van der Waals surface area contributed by atoms with Crippen LogP contribution >= 0.6 is 0 Å². The fourth-order valence-electron chi connectivity index (χ4n) is 1.26. The van der Waals surface area contributed by atoms with E-state index in [0.717, 1.165) is 19.4 Å². The summed E-state index contributed by atoms with van der Waals surface area (Å²) in [7, 11) is 0. The zero-order chi connectivity index (χ0) is 8.97. The molecule has 1 aliphatic carbocycles. The molecule has 0 aromatic carbocycles. The van der Waals surface area contributed by atoms with E-state index in [1.54, 1.807) is 0 Å². The highest BCUT2D eigenvalue weighted by Crippen LogP contribution is 2.37. The van der Waals surface area contributed by atoms with Crippen molar-refractivity contribution in [3.63, 3.8) is 0 Å². The molecule has 0 aromatic heterocycles. The zero-order valence-corrected chi connectivity index (χ0v) is 7.84. The SMILES string of the molecule is C/C=C/CCNC(=O)C1CC1C. The number of nitrogens with one attached hydrogen (secondary N) is 1. The minimum atomic E-state index is 0.243. The van der Waals surface area contributed by atoms with Gasteiger partial charge >= 0.3 is 0 Å². The van der Waals surface area contributed by atoms with Gasteiger partial charge in [0.2, 0.25) is 5.91 Å². The molecule has 2 atom stereocenters. The quantitative estimate of drug-likeness (QED) is 0.501. The number of amides is 1. The molecular weight excluding hydrogens is 150 g/mol. The minimum Gasteiger partial charge on any atom is -0.356 e. The third-order valence-electron chi connectivity index (χ3n) is 2.29. The van der Waals surface area contributed by atoms with Crippen LogP contribution in [-0.4, -0.2) is 12.5 Å². The zero-order valence-electron chi connectivity index (χ0n) is 7.84. The summed E-state index contributed by atoms with van der Waals surface area (Å²) < 4.78 is 0. The number of carbonyl (C=O) groups excluding carboxylic acids is 1. The summed E-state index contributed by atoms with van der Waals surface area (Å²) in [5.41, 5.74) is 0. The van der Waals surface area contributed by atoms with Crippen molar-refractivity contribution in [2.75, 3.05) is 6.54 Å². The lowest BCUT2D eigenvalue weighted by Crippen LogP contribution is -2.26. The molecule has 0 bridgehead atoms. The monoisotopic (exact) mass is 167 g/mol. The van der Waals surface area contributed by atoms with Crippen LogP contribution in [0.5, 0.6) is 0 Å². The highest BCUT2D eigenvalue weighted by atomic mass is 16.2. The number of rotatable bonds is 4. The Morgan fingerprint density at radius 2 is 2.33 bits per heavy atom. The van der Waals surface area contributed by atoms with Crippen molar-refractivity contribution < 1.29 is 4.79 Å². The van der Waals surface area contributed by atoms with Crippen LogP contribution in [0.3, 0.4) is 0 Å². The van der Waals surface area contributed by atoms with Gasteiger partial charge in [0.25, 0.3) is 0 Å². The van der Waals surface area contributed by atoms with Crippen LogP contribution in [-0.2, 0) is 4.79 Å². The number of allylic oxidation sites excluding steroid dienone is 1. The lowest BCUT2D eigenvalue weighted by atomic mass is 10.3. The summed E-state index contributed by atoms with van der Waals surface area (Å²) >= 11 is 0. The Hall–Kier alpha value is -0.790. The molecule has 0 radical (unpaired) electrons. The van der Waals surface area contributed by atoms with E-state index in [-0.39, 0.29) is 5.91 Å². The van der Waals surface area contributed by atoms with E-state index in [0.29, 0.717) is 11.8 Å². The highest BCUT2D eigenvalue weighted by Gasteiger charge is 2.38. The molecule has 1 aliphatic rings. The van der Waals surface area contributed by atoms with Gasteiger partial charge in [-0.25, -0.2) is 0 Å². The van der Waals surface area contributed by atoms with Gasteiger partial charge in [-0.05, 0) is 25.7 Å². The fraction of sp³-hybridized carbons (Fsp3) is 0.700. The number of hydrogen-bond donors (Lipinski definition) is 1. The smallest absolute Gasteiger partial charge is 0.223 e. The first-order chi connectivity index (χ1) is 5.75. The summed E-state index contributed by atoms with van der Waals surface area (Å²) in [5.74, 6) is 1.18. The molecule has 0 saturated heterocycles. The molecule has 68 valence electrons. The second-order valence-electron chi connectivity index (χ2n) is 3.47. The summed E-state index contributed by atoms with van der Waals surface area (Å²) in [4.78, 5) is 11.2. The van der Waals surface area contributed by atoms with Gasteiger partial charge in [0, 0.05) is 12.5 Å². The van der Waals surface area contributed by atoms with Crippen molar-refractivity contribution in [2.45, 2.75) is 26.7 Å². The largest absolute Gasteiger partial charge is 0.356 e. The molecule has 12 heavy (non-hydrogen) atoms. The van der Waals surface area contributed by atoms with Gasteiger partial charge in [0.05, 0.1) is 0 Å². The van der Waals surface area contributed by atoms with E-state index < -0.39 is 0 Å². The average Bonchev–Trinajstić information content (AvgIpc) is 2.76. The normalized spacial score (nSPS) is 27.5. The van der Waals surface area contributed by atoms with Gasteiger partial charge in [0.15, 0.2) is 0 Å². The van der Waals surface area contributed by atoms with Crippen molar-refractivity contribution >= 4 is 5.91 Å². The lowest BCUT2D eigenvalue weighted by molar-refractivity contribution is -0.122. The van der Waals surface area contributed by atoms with E-state index in [1.165, 1.54) is 0 Å². The molecule has 1 N–H and O–H groups in total. The van der Waals surface area contributed by atoms with Gasteiger partial charge < -0.3 is 5.32 Å². The first-order valence-corrected chi connectivity index (χ1v) is 4.64. The predicted molar refractivity (Wildman–Crippen MR) is 49.7 cm³/mol. The van der Waals surface area contributed by atoms with E-state index in [1.807, 2.05) is 13.0 Å². The van der Waals surface area contributed by atoms with E-state index in [2.05, 4.69) is 18.3 Å².